The summed E-state index contributed by atoms with van der Waals surface area (Å²) in [6, 6.07) is 10.8. The van der Waals surface area contributed by atoms with Gasteiger partial charge >= 0.3 is 6.18 Å². The second kappa shape index (κ2) is 5.17. The van der Waals surface area contributed by atoms with Crippen LogP contribution in [0.1, 0.15) is 5.56 Å². The van der Waals surface area contributed by atoms with Crippen molar-refractivity contribution in [3.63, 3.8) is 0 Å². The fraction of sp³-hybridized carbons (Fsp3) is 0.154. The predicted molar refractivity (Wildman–Crippen MR) is 68.5 cm³/mol. The Balaban J connectivity index is 2.35. The standard InChI is InChI=1S/C13H12F3N3/c1-17-11-7-9(13(14,15)16)8-12(19-11)18-10-5-3-2-4-6-10/h2-8H,1H3,(H2,17,18,19). The van der Waals surface area contributed by atoms with Crippen molar-refractivity contribution in [3.8, 4) is 0 Å². The Morgan fingerprint density at radius 3 is 2.21 bits per heavy atom. The van der Waals surface area contributed by atoms with Gasteiger partial charge in [0.2, 0.25) is 0 Å². The van der Waals surface area contributed by atoms with E-state index in [1.165, 1.54) is 7.05 Å². The van der Waals surface area contributed by atoms with Crippen LogP contribution in [0.15, 0.2) is 42.5 Å². The number of aromatic nitrogens is 1. The topological polar surface area (TPSA) is 37.0 Å². The number of hydrogen-bond donors (Lipinski definition) is 2. The van der Waals surface area contributed by atoms with Crippen molar-refractivity contribution < 1.29 is 13.2 Å². The van der Waals surface area contributed by atoms with Crippen molar-refractivity contribution in [1.29, 1.82) is 0 Å². The number of nitrogens with one attached hydrogen (secondary N) is 2. The SMILES string of the molecule is CNc1cc(C(F)(F)F)cc(Nc2ccccc2)n1. The zero-order valence-corrected chi connectivity index (χ0v) is 10.1. The molecular weight excluding hydrogens is 255 g/mol. The molecule has 1 aromatic carbocycles. The number of benzene rings is 1. The number of anilines is 3. The lowest BCUT2D eigenvalue weighted by molar-refractivity contribution is -0.137. The van der Waals surface area contributed by atoms with Gasteiger partial charge in [-0.1, -0.05) is 18.2 Å². The summed E-state index contributed by atoms with van der Waals surface area (Å²) in [7, 11) is 1.52. The van der Waals surface area contributed by atoms with Gasteiger partial charge in [0.05, 0.1) is 5.56 Å². The van der Waals surface area contributed by atoms with Crippen LogP contribution in [0.25, 0.3) is 0 Å². The lowest BCUT2D eigenvalue weighted by atomic mass is 10.2. The predicted octanol–water partition coefficient (Wildman–Crippen LogP) is 3.89. The molecule has 1 heterocycles. The van der Waals surface area contributed by atoms with Gasteiger partial charge in [-0.2, -0.15) is 13.2 Å². The number of pyridine rings is 1. The number of halogens is 3. The van der Waals surface area contributed by atoms with E-state index in [0.29, 0.717) is 5.69 Å². The molecular formula is C13H12F3N3. The highest BCUT2D eigenvalue weighted by Crippen LogP contribution is 2.32. The zero-order chi connectivity index (χ0) is 13.9. The fourth-order valence-corrected chi connectivity index (χ4v) is 1.56. The van der Waals surface area contributed by atoms with E-state index in [4.69, 9.17) is 0 Å². The summed E-state index contributed by atoms with van der Waals surface area (Å²) in [5, 5.41) is 5.45. The van der Waals surface area contributed by atoms with Gasteiger partial charge in [-0.05, 0) is 24.3 Å². The van der Waals surface area contributed by atoms with Crippen molar-refractivity contribution in [2.24, 2.45) is 0 Å². The molecule has 19 heavy (non-hydrogen) atoms. The minimum atomic E-state index is -4.40. The molecule has 0 fully saturated rings. The molecule has 0 spiro atoms. The number of nitrogens with zero attached hydrogens (tertiary/aromatic N) is 1. The summed E-state index contributed by atoms with van der Waals surface area (Å²) in [6.07, 6.45) is -4.40. The Hall–Kier alpha value is -2.24. The molecule has 0 unspecified atom stereocenters. The van der Waals surface area contributed by atoms with Gasteiger partial charge in [-0.3, -0.25) is 0 Å². The number of hydrogen-bond acceptors (Lipinski definition) is 3. The molecule has 100 valence electrons. The van der Waals surface area contributed by atoms with Gasteiger partial charge < -0.3 is 10.6 Å². The molecule has 0 radical (unpaired) electrons. The van der Waals surface area contributed by atoms with Crippen LogP contribution < -0.4 is 10.6 Å². The molecule has 2 aromatic rings. The molecule has 0 amide bonds. The van der Waals surface area contributed by atoms with E-state index in [1.54, 1.807) is 24.3 Å². The maximum atomic E-state index is 12.7. The average molecular weight is 267 g/mol. The van der Waals surface area contributed by atoms with Gasteiger partial charge in [-0.25, -0.2) is 4.98 Å². The molecule has 3 nitrogen and oxygen atoms in total. The minimum Gasteiger partial charge on any atom is -0.373 e. The van der Waals surface area contributed by atoms with E-state index in [2.05, 4.69) is 15.6 Å². The van der Waals surface area contributed by atoms with E-state index >= 15 is 0 Å². The third-order valence-corrected chi connectivity index (χ3v) is 2.46. The Morgan fingerprint density at radius 1 is 1.00 bits per heavy atom. The second-order valence-corrected chi connectivity index (χ2v) is 3.87. The normalized spacial score (nSPS) is 11.2. The lowest BCUT2D eigenvalue weighted by Gasteiger charge is -2.12. The summed E-state index contributed by atoms with van der Waals surface area (Å²) in [6.45, 7) is 0. The molecule has 6 heteroatoms. The average Bonchev–Trinajstić information content (AvgIpc) is 2.38. The molecule has 2 rings (SSSR count). The van der Waals surface area contributed by atoms with Crippen LogP contribution in [0.2, 0.25) is 0 Å². The summed E-state index contributed by atoms with van der Waals surface area (Å²) < 4.78 is 38.2. The Kier molecular flexibility index (Phi) is 3.59. The van der Waals surface area contributed by atoms with E-state index in [1.807, 2.05) is 6.07 Å². The molecule has 2 N–H and O–H groups in total. The highest BCUT2D eigenvalue weighted by atomic mass is 19.4. The van der Waals surface area contributed by atoms with E-state index in [0.717, 1.165) is 12.1 Å². The van der Waals surface area contributed by atoms with E-state index in [9.17, 15) is 13.2 Å². The summed E-state index contributed by atoms with van der Waals surface area (Å²) >= 11 is 0. The highest BCUT2D eigenvalue weighted by molar-refractivity contribution is 5.59. The van der Waals surface area contributed by atoms with Crippen LogP contribution in [0.3, 0.4) is 0 Å². The molecule has 0 saturated heterocycles. The van der Waals surface area contributed by atoms with Crippen LogP contribution >= 0.6 is 0 Å². The number of rotatable bonds is 3. The summed E-state index contributed by atoms with van der Waals surface area (Å²) in [4.78, 5) is 4.04. The quantitative estimate of drug-likeness (QED) is 0.886. The van der Waals surface area contributed by atoms with Crippen LogP contribution in [-0.4, -0.2) is 12.0 Å². The molecule has 0 aliphatic carbocycles. The molecule has 1 aromatic heterocycles. The second-order valence-electron chi connectivity index (χ2n) is 3.87. The molecule has 0 atom stereocenters. The van der Waals surface area contributed by atoms with E-state index < -0.39 is 11.7 Å². The van der Waals surface area contributed by atoms with Gasteiger partial charge in [0, 0.05) is 12.7 Å². The van der Waals surface area contributed by atoms with Gasteiger partial charge in [0.15, 0.2) is 0 Å². The van der Waals surface area contributed by atoms with Crippen LogP contribution in [0, 0.1) is 0 Å². The fourth-order valence-electron chi connectivity index (χ4n) is 1.56. The Bertz CT molecular complexity index is 553. The van der Waals surface area contributed by atoms with Crippen LogP contribution in [0.4, 0.5) is 30.5 Å². The highest BCUT2D eigenvalue weighted by Gasteiger charge is 2.31. The minimum absolute atomic E-state index is 0.144. The van der Waals surface area contributed by atoms with E-state index in [-0.39, 0.29) is 11.6 Å². The number of para-hydroxylation sites is 1. The van der Waals surface area contributed by atoms with Crippen molar-refractivity contribution in [2.75, 3.05) is 17.7 Å². The first-order chi connectivity index (χ1) is 8.99. The molecule has 0 saturated carbocycles. The molecule has 0 aliphatic heterocycles. The van der Waals surface area contributed by atoms with Crippen LogP contribution in [-0.2, 0) is 6.18 Å². The first kappa shape index (κ1) is 13.2. The largest absolute Gasteiger partial charge is 0.416 e. The maximum Gasteiger partial charge on any atom is 0.416 e. The monoisotopic (exact) mass is 267 g/mol. The first-order valence-corrected chi connectivity index (χ1v) is 5.58. The van der Waals surface area contributed by atoms with Crippen molar-refractivity contribution in [3.05, 3.63) is 48.0 Å². The third kappa shape index (κ3) is 3.37. The first-order valence-electron chi connectivity index (χ1n) is 5.58. The third-order valence-electron chi connectivity index (χ3n) is 2.46. The van der Waals surface area contributed by atoms with Crippen molar-refractivity contribution >= 4 is 17.3 Å². The Labute approximate surface area is 108 Å². The van der Waals surface area contributed by atoms with Crippen molar-refractivity contribution in [1.82, 2.24) is 4.98 Å². The van der Waals surface area contributed by atoms with Gasteiger partial charge in [0.25, 0.3) is 0 Å². The van der Waals surface area contributed by atoms with Gasteiger partial charge in [-0.15, -0.1) is 0 Å². The molecule has 0 bridgehead atoms. The molecule has 0 aliphatic rings. The van der Waals surface area contributed by atoms with Gasteiger partial charge in [0.1, 0.15) is 11.6 Å². The van der Waals surface area contributed by atoms with Crippen LogP contribution in [0.5, 0.6) is 0 Å². The Morgan fingerprint density at radius 2 is 1.63 bits per heavy atom. The number of alkyl halides is 3. The summed E-state index contributed by atoms with van der Waals surface area (Å²) in [5.41, 5.74) is -0.0679. The van der Waals surface area contributed by atoms with Crippen molar-refractivity contribution in [2.45, 2.75) is 6.18 Å². The lowest BCUT2D eigenvalue weighted by Crippen LogP contribution is -2.08. The zero-order valence-electron chi connectivity index (χ0n) is 10.1. The summed E-state index contributed by atoms with van der Waals surface area (Å²) in [5.74, 6) is 0.304. The maximum absolute atomic E-state index is 12.7. The smallest absolute Gasteiger partial charge is 0.373 e.